The standard InChI is InChI=1S/C13H13BrN2O3/c1-19-10-4-2-9(3-5-10)6-7-16-12(17)11(14)8-15-13(16)18/h2-5,8H,6-7H2,1H3,(H,15,18). The zero-order valence-electron chi connectivity index (χ0n) is 10.4. The third kappa shape index (κ3) is 3.14. The molecule has 0 saturated heterocycles. The van der Waals surface area contributed by atoms with E-state index in [-0.39, 0.29) is 5.56 Å². The third-order valence-electron chi connectivity index (χ3n) is 2.80. The second-order valence-corrected chi connectivity index (χ2v) is 4.85. The molecule has 1 heterocycles. The first-order valence-corrected chi connectivity index (χ1v) is 6.52. The molecule has 1 N–H and O–H groups in total. The van der Waals surface area contributed by atoms with E-state index >= 15 is 0 Å². The number of aromatic amines is 1. The molecule has 2 rings (SSSR count). The molecule has 100 valence electrons. The number of halogens is 1. The van der Waals surface area contributed by atoms with Gasteiger partial charge in [0.15, 0.2) is 0 Å². The van der Waals surface area contributed by atoms with Crippen LogP contribution in [0.3, 0.4) is 0 Å². The van der Waals surface area contributed by atoms with E-state index < -0.39 is 5.69 Å². The first kappa shape index (κ1) is 13.6. The number of ether oxygens (including phenoxy) is 1. The summed E-state index contributed by atoms with van der Waals surface area (Å²) in [6, 6.07) is 7.53. The number of H-pyrrole nitrogens is 1. The molecular formula is C13H13BrN2O3. The second-order valence-electron chi connectivity index (χ2n) is 4.00. The molecule has 6 heteroatoms. The topological polar surface area (TPSA) is 64.1 Å². The Labute approximate surface area is 118 Å². The second kappa shape index (κ2) is 5.88. The van der Waals surface area contributed by atoms with Gasteiger partial charge in [-0.3, -0.25) is 9.36 Å². The van der Waals surface area contributed by atoms with Crippen LogP contribution in [0.2, 0.25) is 0 Å². The van der Waals surface area contributed by atoms with Crippen molar-refractivity contribution in [2.24, 2.45) is 0 Å². The van der Waals surface area contributed by atoms with Crippen LogP contribution in [-0.2, 0) is 13.0 Å². The number of rotatable bonds is 4. The predicted octanol–water partition coefficient (Wildman–Crippen LogP) is 1.55. The Morgan fingerprint density at radius 1 is 1.26 bits per heavy atom. The van der Waals surface area contributed by atoms with Crippen molar-refractivity contribution in [1.29, 1.82) is 0 Å². The lowest BCUT2D eigenvalue weighted by Crippen LogP contribution is -2.35. The number of aromatic nitrogens is 2. The van der Waals surface area contributed by atoms with Gasteiger partial charge in [-0.05, 0) is 40.0 Å². The van der Waals surface area contributed by atoms with Gasteiger partial charge in [-0.2, -0.15) is 0 Å². The van der Waals surface area contributed by atoms with Crippen LogP contribution in [0.5, 0.6) is 5.75 Å². The van der Waals surface area contributed by atoms with Crippen LogP contribution < -0.4 is 16.0 Å². The smallest absolute Gasteiger partial charge is 0.328 e. The van der Waals surface area contributed by atoms with E-state index in [1.54, 1.807) is 7.11 Å². The highest BCUT2D eigenvalue weighted by atomic mass is 79.9. The molecule has 0 aliphatic heterocycles. The fourth-order valence-electron chi connectivity index (χ4n) is 1.72. The van der Waals surface area contributed by atoms with Gasteiger partial charge in [0, 0.05) is 12.7 Å². The van der Waals surface area contributed by atoms with Crippen molar-refractivity contribution in [3.05, 3.63) is 61.3 Å². The van der Waals surface area contributed by atoms with Gasteiger partial charge < -0.3 is 9.72 Å². The maximum Gasteiger partial charge on any atom is 0.328 e. The molecule has 0 atom stereocenters. The van der Waals surface area contributed by atoms with Crippen LogP contribution in [-0.4, -0.2) is 16.7 Å². The Hall–Kier alpha value is -1.82. The average molecular weight is 325 g/mol. The van der Waals surface area contributed by atoms with Crippen molar-refractivity contribution < 1.29 is 4.74 Å². The molecule has 0 fully saturated rings. The molecule has 1 aromatic carbocycles. The first-order valence-electron chi connectivity index (χ1n) is 5.73. The average Bonchev–Trinajstić information content (AvgIpc) is 2.44. The lowest BCUT2D eigenvalue weighted by molar-refractivity contribution is 0.414. The summed E-state index contributed by atoms with van der Waals surface area (Å²) in [5, 5.41) is 0. The predicted molar refractivity (Wildman–Crippen MR) is 75.7 cm³/mol. The van der Waals surface area contributed by atoms with Gasteiger partial charge in [0.25, 0.3) is 5.56 Å². The summed E-state index contributed by atoms with van der Waals surface area (Å²) in [4.78, 5) is 25.9. The molecule has 0 saturated carbocycles. The zero-order valence-corrected chi connectivity index (χ0v) is 11.9. The molecule has 19 heavy (non-hydrogen) atoms. The van der Waals surface area contributed by atoms with Crippen LogP contribution >= 0.6 is 15.9 Å². The van der Waals surface area contributed by atoms with E-state index in [9.17, 15) is 9.59 Å². The highest BCUT2D eigenvalue weighted by Crippen LogP contribution is 2.11. The van der Waals surface area contributed by atoms with Crippen molar-refractivity contribution in [2.75, 3.05) is 7.11 Å². The summed E-state index contributed by atoms with van der Waals surface area (Å²) >= 11 is 3.11. The van der Waals surface area contributed by atoms with Gasteiger partial charge in [-0.15, -0.1) is 0 Å². The Morgan fingerprint density at radius 3 is 2.58 bits per heavy atom. The Balaban J connectivity index is 2.16. The van der Waals surface area contributed by atoms with E-state index in [1.165, 1.54) is 10.8 Å². The van der Waals surface area contributed by atoms with Gasteiger partial charge >= 0.3 is 5.69 Å². The van der Waals surface area contributed by atoms with E-state index in [0.717, 1.165) is 11.3 Å². The lowest BCUT2D eigenvalue weighted by Gasteiger charge is -2.06. The zero-order chi connectivity index (χ0) is 13.8. The highest BCUT2D eigenvalue weighted by Gasteiger charge is 2.05. The summed E-state index contributed by atoms with van der Waals surface area (Å²) in [5.74, 6) is 0.779. The van der Waals surface area contributed by atoms with Crippen molar-refractivity contribution >= 4 is 15.9 Å². The monoisotopic (exact) mass is 324 g/mol. The maximum absolute atomic E-state index is 11.8. The van der Waals surface area contributed by atoms with Crippen LogP contribution in [0.15, 0.2) is 44.5 Å². The number of hydrogen-bond donors (Lipinski definition) is 1. The summed E-state index contributed by atoms with van der Waals surface area (Å²) in [6.45, 7) is 0.333. The van der Waals surface area contributed by atoms with Crippen molar-refractivity contribution in [2.45, 2.75) is 13.0 Å². The summed E-state index contributed by atoms with van der Waals surface area (Å²) in [5.41, 5.74) is 0.311. The fourth-order valence-corrected chi connectivity index (χ4v) is 2.05. The maximum atomic E-state index is 11.8. The van der Waals surface area contributed by atoms with Crippen LogP contribution in [0, 0.1) is 0 Å². The Morgan fingerprint density at radius 2 is 1.95 bits per heavy atom. The molecule has 0 aliphatic carbocycles. The SMILES string of the molecule is COc1ccc(CCn2c(=O)[nH]cc(Br)c2=O)cc1. The number of hydrogen-bond acceptors (Lipinski definition) is 3. The molecule has 1 aromatic heterocycles. The first-order chi connectivity index (χ1) is 9.11. The number of nitrogens with one attached hydrogen (secondary N) is 1. The van der Waals surface area contributed by atoms with Gasteiger partial charge in [-0.1, -0.05) is 12.1 Å². The minimum Gasteiger partial charge on any atom is -0.497 e. The quantitative estimate of drug-likeness (QED) is 0.928. The number of methoxy groups -OCH3 is 1. The number of aryl methyl sites for hydroxylation is 1. The fraction of sp³-hybridized carbons (Fsp3) is 0.231. The molecule has 0 spiro atoms. The molecule has 0 radical (unpaired) electrons. The molecule has 5 nitrogen and oxygen atoms in total. The Bertz CT molecular complexity index is 674. The third-order valence-corrected chi connectivity index (χ3v) is 3.37. The summed E-state index contributed by atoms with van der Waals surface area (Å²) in [7, 11) is 1.61. The van der Waals surface area contributed by atoms with Gasteiger partial charge in [0.2, 0.25) is 0 Å². The van der Waals surface area contributed by atoms with E-state index in [0.29, 0.717) is 17.4 Å². The van der Waals surface area contributed by atoms with Crippen molar-refractivity contribution in [1.82, 2.24) is 9.55 Å². The van der Waals surface area contributed by atoms with Gasteiger partial charge in [0.1, 0.15) is 5.75 Å². The van der Waals surface area contributed by atoms with Gasteiger partial charge in [-0.25, -0.2) is 4.79 Å². The molecule has 2 aromatic rings. The van der Waals surface area contributed by atoms with E-state index in [4.69, 9.17) is 4.74 Å². The van der Waals surface area contributed by atoms with Crippen molar-refractivity contribution in [3.8, 4) is 5.75 Å². The molecule has 0 unspecified atom stereocenters. The van der Waals surface area contributed by atoms with Gasteiger partial charge in [0.05, 0.1) is 11.6 Å². The van der Waals surface area contributed by atoms with E-state index in [2.05, 4.69) is 20.9 Å². The van der Waals surface area contributed by atoms with E-state index in [1.807, 2.05) is 24.3 Å². The normalized spacial score (nSPS) is 10.4. The van der Waals surface area contributed by atoms with Crippen LogP contribution in [0.25, 0.3) is 0 Å². The van der Waals surface area contributed by atoms with Crippen molar-refractivity contribution in [3.63, 3.8) is 0 Å². The molecule has 0 amide bonds. The summed E-state index contributed by atoms with van der Waals surface area (Å²) in [6.07, 6.45) is 1.96. The van der Waals surface area contributed by atoms with Crippen LogP contribution in [0.4, 0.5) is 0 Å². The molecule has 0 aliphatic rings. The minimum atomic E-state index is -0.401. The van der Waals surface area contributed by atoms with Crippen LogP contribution in [0.1, 0.15) is 5.56 Å². The highest BCUT2D eigenvalue weighted by molar-refractivity contribution is 9.10. The Kier molecular flexibility index (Phi) is 4.21. The molecular weight excluding hydrogens is 312 g/mol. The molecule has 0 bridgehead atoms. The largest absolute Gasteiger partial charge is 0.497 e. The minimum absolute atomic E-state index is 0.322. The number of benzene rings is 1. The number of nitrogens with zero attached hydrogens (tertiary/aromatic N) is 1. The summed E-state index contributed by atoms with van der Waals surface area (Å²) < 4.78 is 6.59. The lowest BCUT2D eigenvalue weighted by atomic mass is 10.1.